The molecule has 10 heavy (non-hydrogen) atoms. The molecule has 0 saturated heterocycles. The first-order valence-electron chi connectivity index (χ1n) is 3.95. The molecule has 0 aliphatic heterocycles. The van der Waals surface area contributed by atoms with E-state index in [1.54, 1.807) is 0 Å². The highest BCUT2D eigenvalue weighted by atomic mass is 16.1. The Labute approximate surface area is 62.1 Å². The van der Waals surface area contributed by atoms with E-state index in [1.165, 1.54) is 6.42 Å². The van der Waals surface area contributed by atoms with Crippen molar-refractivity contribution in [2.45, 2.75) is 33.1 Å². The summed E-state index contributed by atoms with van der Waals surface area (Å²) in [4.78, 5) is 11.3. The van der Waals surface area contributed by atoms with E-state index in [0.717, 1.165) is 18.4 Å². The number of ketones is 1. The molecule has 0 bridgehead atoms. The topological polar surface area (TPSA) is 17.1 Å². The van der Waals surface area contributed by atoms with Crippen LogP contribution in [0.3, 0.4) is 0 Å². The molecule has 1 rings (SSSR count). The third-order valence-corrected chi connectivity index (χ3v) is 2.20. The van der Waals surface area contributed by atoms with Gasteiger partial charge >= 0.3 is 0 Å². The number of hydrogen-bond acceptors (Lipinski definition) is 1. The summed E-state index contributed by atoms with van der Waals surface area (Å²) < 4.78 is 0. The van der Waals surface area contributed by atoms with Gasteiger partial charge in [0.2, 0.25) is 0 Å². The minimum Gasteiger partial charge on any atom is -0.294 e. The standard InChI is InChI=1S/C9H14O/c1-3-8-6-4-5-7(2)9(8)10/h3,7H,4-6H2,1-2H3. The molecule has 1 unspecified atom stereocenters. The van der Waals surface area contributed by atoms with E-state index in [0.29, 0.717) is 5.78 Å². The van der Waals surface area contributed by atoms with Gasteiger partial charge in [0.1, 0.15) is 0 Å². The van der Waals surface area contributed by atoms with E-state index in [1.807, 2.05) is 19.9 Å². The normalized spacial score (nSPS) is 31.2. The van der Waals surface area contributed by atoms with Crippen LogP contribution in [0.4, 0.5) is 0 Å². The van der Waals surface area contributed by atoms with Crippen LogP contribution in [0.25, 0.3) is 0 Å². The second-order valence-electron chi connectivity index (χ2n) is 2.97. The fraction of sp³-hybridized carbons (Fsp3) is 0.667. The third-order valence-electron chi connectivity index (χ3n) is 2.20. The summed E-state index contributed by atoms with van der Waals surface area (Å²) in [5, 5.41) is 0. The Morgan fingerprint density at radius 3 is 2.80 bits per heavy atom. The Kier molecular flexibility index (Phi) is 2.25. The summed E-state index contributed by atoms with van der Waals surface area (Å²) >= 11 is 0. The molecule has 1 heteroatoms. The number of rotatable bonds is 0. The van der Waals surface area contributed by atoms with E-state index in [-0.39, 0.29) is 5.92 Å². The maximum absolute atomic E-state index is 11.3. The molecule has 1 saturated carbocycles. The predicted octanol–water partition coefficient (Wildman–Crippen LogP) is 2.32. The third kappa shape index (κ3) is 1.28. The maximum atomic E-state index is 11.3. The molecular weight excluding hydrogens is 124 g/mol. The van der Waals surface area contributed by atoms with E-state index < -0.39 is 0 Å². The first kappa shape index (κ1) is 7.52. The van der Waals surface area contributed by atoms with Gasteiger partial charge in [0.15, 0.2) is 5.78 Å². The molecule has 1 fully saturated rings. The average molecular weight is 138 g/mol. The lowest BCUT2D eigenvalue weighted by Gasteiger charge is -2.18. The molecule has 1 nitrogen and oxygen atoms in total. The van der Waals surface area contributed by atoms with Gasteiger partial charge in [-0.1, -0.05) is 13.0 Å². The van der Waals surface area contributed by atoms with Gasteiger partial charge in [-0.15, -0.1) is 0 Å². The zero-order valence-electron chi connectivity index (χ0n) is 6.68. The molecule has 0 aromatic rings. The van der Waals surface area contributed by atoms with Crippen molar-refractivity contribution in [3.63, 3.8) is 0 Å². The van der Waals surface area contributed by atoms with Crippen molar-refractivity contribution in [1.29, 1.82) is 0 Å². The van der Waals surface area contributed by atoms with Crippen molar-refractivity contribution in [1.82, 2.24) is 0 Å². The molecule has 1 aliphatic rings. The summed E-state index contributed by atoms with van der Waals surface area (Å²) in [7, 11) is 0. The van der Waals surface area contributed by atoms with Crippen LogP contribution >= 0.6 is 0 Å². The van der Waals surface area contributed by atoms with Crippen molar-refractivity contribution in [3.05, 3.63) is 11.6 Å². The van der Waals surface area contributed by atoms with Crippen LogP contribution in [0.15, 0.2) is 11.6 Å². The highest BCUT2D eigenvalue weighted by Gasteiger charge is 2.21. The van der Waals surface area contributed by atoms with Crippen LogP contribution in [0, 0.1) is 5.92 Å². The van der Waals surface area contributed by atoms with Crippen LogP contribution in [-0.2, 0) is 4.79 Å². The molecule has 0 spiro atoms. The number of carbonyl (C=O) groups is 1. The molecule has 56 valence electrons. The van der Waals surface area contributed by atoms with E-state index >= 15 is 0 Å². The molecule has 0 heterocycles. The second-order valence-corrected chi connectivity index (χ2v) is 2.97. The number of hydrogen-bond donors (Lipinski definition) is 0. The van der Waals surface area contributed by atoms with Gasteiger partial charge in [0, 0.05) is 5.92 Å². The fourth-order valence-corrected chi connectivity index (χ4v) is 1.46. The summed E-state index contributed by atoms with van der Waals surface area (Å²) in [6.45, 7) is 3.97. The Balaban J connectivity index is 2.69. The van der Waals surface area contributed by atoms with Crippen LogP contribution < -0.4 is 0 Å². The maximum Gasteiger partial charge on any atom is 0.161 e. The van der Waals surface area contributed by atoms with E-state index in [4.69, 9.17) is 0 Å². The van der Waals surface area contributed by atoms with Crippen molar-refractivity contribution in [3.8, 4) is 0 Å². The van der Waals surface area contributed by atoms with Crippen LogP contribution in [-0.4, -0.2) is 5.78 Å². The summed E-state index contributed by atoms with van der Waals surface area (Å²) in [5.74, 6) is 0.647. The average Bonchev–Trinajstić information content (AvgIpc) is 1.95. The minimum absolute atomic E-state index is 0.278. The molecule has 0 amide bonds. The Morgan fingerprint density at radius 2 is 2.30 bits per heavy atom. The lowest BCUT2D eigenvalue weighted by Crippen LogP contribution is -2.18. The minimum atomic E-state index is 0.278. The lowest BCUT2D eigenvalue weighted by atomic mass is 9.85. The van der Waals surface area contributed by atoms with Crippen molar-refractivity contribution in [2.24, 2.45) is 5.92 Å². The van der Waals surface area contributed by atoms with Crippen molar-refractivity contribution >= 4 is 5.78 Å². The van der Waals surface area contributed by atoms with Gasteiger partial charge in [0.25, 0.3) is 0 Å². The number of carbonyl (C=O) groups excluding carboxylic acids is 1. The Morgan fingerprint density at radius 1 is 1.60 bits per heavy atom. The molecule has 1 atom stereocenters. The van der Waals surface area contributed by atoms with E-state index in [2.05, 4.69) is 0 Å². The van der Waals surface area contributed by atoms with Crippen LogP contribution in [0.1, 0.15) is 33.1 Å². The van der Waals surface area contributed by atoms with Crippen molar-refractivity contribution in [2.75, 3.05) is 0 Å². The molecule has 1 aliphatic carbocycles. The highest BCUT2D eigenvalue weighted by Crippen LogP contribution is 2.24. The molecule has 0 aromatic carbocycles. The summed E-state index contributed by atoms with van der Waals surface area (Å²) in [6.07, 6.45) is 5.22. The molecular formula is C9H14O. The number of allylic oxidation sites excluding steroid dienone is 2. The van der Waals surface area contributed by atoms with Gasteiger partial charge in [0.05, 0.1) is 0 Å². The fourth-order valence-electron chi connectivity index (χ4n) is 1.46. The quantitative estimate of drug-likeness (QED) is 0.469. The predicted molar refractivity (Wildman–Crippen MR) is 41.8 cm³/mol. The number of Topliss-reactive ketones (excluding diaryl/α,β-unsaturated/α-hetero) is 1. The first-order chi connectivity index (χ1) is 4.75. The first-order valence-corrected chi connectivity index (χ1v) is 3.95. The summed E-state index contributed by atoms with van der Waals surface area (Å²) in [6, 6.07) is 0. The lowest BCUT2D eigenvalue weighted by molar-refractivity contribution is -0.119. The van der Waals surface area contributed by atoms with Crippen molar-refractivity contribution < 1.29 is 4.79 Å². The summed E-state index contributed by atoms with van der Waals surface area (Å²) in [5.41, 5.74) is 1.04. The molecule has 0 N–H and O–H groups in total. The monoisotopic (exact) mass is 138 g/mol. The highest BCUT2D eigenvalue weighted by molar-refractivity contribution is 5.97. The zero-order valence-corrected chi connectivity index (χ0v) is 6.68. The van der Waals surface area contributed by atoms with E-state index in [9.17, 15) is 4.79 Å². The second kappa shape index (κ2) is 3.00. The smallest absolute Gasteiger partial charge is 0.161 e. The van der Waals surface area contributed by atoms with Crippen LogP contribution in [0.5, 0.6) is 0 Å². The molecule has 0 radical (unpaired) electrons. The van der Waals surface area contributed by atoms with Gasteiger partial charge in [-0.05, 0) is 31.8 Å². The van der Waals surface area contributed by atoms with Gasteiger partial charge < -0.3 is 0 Å². The SMILES string of the molecule is CC=C1CCCC(C)C1=O. The van der Waals surface area contributed by atoms with Gasteiger partial charge in [-0.2, -0.15) is 0 Å². The largest absolute Gasteiger partial charge is 0.294 e. The Bertz CT molecular complexity index is 168. The van der Waals surface area contributed by atoms with Gasteiger partial charge in [-0.25, -0.2) is 0 Å². The zero-order chi connectivity index (χ0) is 7.56. The Hall–Kier alpha value is -0.590. The van der Waals surface area contributed by atoms with Crippen LogP contribution in [0.2, 0.25) is 0 Å². The molecule has 0 aromatic heterocycles. The van der Waals surface area contributed by atoms with Gasteiger partial charge in [-0.3, -0.25) is 4.79 Å².